The average Bonchev–Trinajstić information content (AvgIpc) is 2.39. The Morgan fingerprint density at radius 3 is 2.59 bits per heavy atom. The first kappa shape index (κ1) is 11.9. The molecule has 5 heteroatoms. The molecule has 0 N–H and O–H groups in total. The van der Waals surface area contributed by atoms with Crippen molar-refractivity contribution in [1.29, 1.82) is 0 Å². The first-order valence-corrected chi connectivity index (χ1v) is 5.85. The van der Waals surface area contributed by atoms with Gasteiger partial charge in [-0.25, -0.2) is 9.97 Å². The van der Waals surface area contributed by atoms with Gasteiger partial charge < -0.3 is 9.64 Å². The van der Waals surface area contributed by atoms with Crippen molar-refractivity contribution in [3.05, 3.63) is 41.1 Å². The fourth-order valence-corrected chi connectivity index (χ4v) is 1.62. The van der Waals surface area contributed by atoms with Gasteiger partial charge in [0.1, 0.15) is 5.75 Å². The summed E-state index contributed by atoms with van der Waals surface area (Å²) in [5.41, 5.74) is 0.978. The summed E-state index contributed by atoms with van der Waals surface area (Å²) in [5.74, 6) is 1.45. The minimum absolute atomic E-state index is 0.640. The summed E-state index contributed by atoms with van der Waals surface area (Å²) >= 11 is 3.31. The molecular formula is C12H12BrN3O. The zero-order valence-corrected chi connectivity index (χ0v) is 11.2. The minimum Gasteiger partial charge on any atom is -0.497 e. The summed E-state index contributed by atoms with van der Waals surface area (Å²) in [6.07, 6.45) is 3.44. The summed E-state index contributed by atoms with van der Waals surface area (Å²) in [6, 6.07) is 7.75. The number of aromatic nitrogens is 2. The van der Waals surface area contributed by atoms with Crippen molar-refractivity contribution in [2.75, 3.05) is 19.1 Å². The third-order valence-electron chi connectivity index (χ3n) is 2.35. The number of rotatable bonds is 3. The van der Waals surface area contributed by atoms with E-state index in [9.17, 15) is 0 Å². The van der Waals surface area contributed by atoms with E-state index in [-0.39, 0.29) is 0 Å². The third-order valence-corrected chi connectivity index (χ3v) is 2.76. The molecule has 0 aliphatic heterocycles. The van der Waals surface area contributed by atoms with E-state index in [0.717, 1.165) is 15.9 Å². The largest absolute Gasteiger partial charge is 0.497 e. The van der Waals surface area contributed by atoms with Crippen LogP contribution in [-0.4, -0.2) is 24.1 Å². The number of benzene rings is 1. The van der Waals surface area contributed by atoms with Crippen LogP contribution >= 0.6 is 15.9 Å². The van der Waals surface area contributed by atoms with Crippen LogP contribution in [0.5, 0.6) is 5.75 Å². The maximum Gasteiger partial charge on any atom is 0.229 e. The lowest BCUT2D eigenvalue weighted by Gasteiger charge is -2.17. The third kappa shape index (κ3) is 2.74. The summed E-state index contributed by atoms with van der Waals surface area (Å²) in [5, 5.41) is 0. The molecule has 0 fully saturated rings. The Kier molecular flexibility index (Phi) is 3.58. The van der Waals surface area contributed by atoms with Crippen molar-refractivity contribution in [1.82, 2.24) is 9.97 Å². The molecule has 0 amide bonds. The van der Waals surface area contributed by atoms with Gasteiger partial charge in [-0.3, -0.25) is 0 Å². The van der Waals surface area contributed by atoms with Crippen LogP contribution in [0.1, 0.15) is 0 Å². The normalized spacial score (nSPS) is 10.1. The van der Waals surface area contributed by atoms with Crippen molar-refractivity contribution in [2.45, 2.75) is 0 Å². The molecule has 0 unspecified atom stereocenters. The average molecular weight is 294 g/mol. The Bertz CT molecular complexity index is 501. The zero-order chi connectivity index (χ0) is 12.3. The first-order valence-electron chi connectivity index (χ1n) is 5.06. The van der Waals surface area contributed by atoms with E-state index >= 15 is 0 Å². The van der Waals surface area contributed by atoms with Gasteiger partial charge in [0.25, 0.3) is 0 Å². The predicted molar refractivity (Wildman–Crippen MR) is 70.8 cm³/mol. The molecule has 0 saturated heterocycles. The van der Waals surface area contributed by atoms with E-state index in [1.165, 1.54) is 0 Å². The molecule has 17 heavy (non-hydrogen) atoms. The summed E-state index contributed by atoms with van der Waals surface area (Å²) in [7, 11) is 3.56. The Hall–Kier alpha value is -1.62. The van der Waals surface area contributed by atoms with Gasteiger partial charge >= 0.3 is 0 Å². The van der Waals surface area contributed by atoms with E-state index in [4.69, 9.17) is 4.74 Å². The highest BCUT2D eigenvalue weighted by Gasteiger charge is 2.07. The molecule has 0 bridgehead atoms. The number of halogens is 1. The second-order valence-corrected chi connectivity index (χ2v) is 4.38. The van der Waals surface area contributed by atoms with Crippen LogP contribution in [0.2, 0.25) is 0 Å². The van der Waals surface area contributed by atoms with Crippen LogP contribution in [0.3, 0.4) is 0 Å². The van der Waals surface area contributed by atoms with E-state index in [2.05, 4.69) is 25.9 Å². The number of ether oxygens (including phenoxy) is 1. The second kappa shape index (κ2) is 5.14. The van der Waals surface area contributed by atoms with Gasteiger partial charge in [0, 0.05) is 31.2 Å². The molecule has 1 aromatic heterocycles. The smallest absolute Gasteiger partial charge is 0.229 e. The van der Waals surface area contributed by atoms with Crippen LogP contribution in [0.4, 0.5) is 11.6 Å². The van der Waals surface area contributed by atoms with Gasteiger partial charge in [-0.15, -0.1) is 0 Å². The molecule has 2 rings (SSSR count). The van der Waals surface area contributed by atoms with Crippen molar-refractivity contribution in [3.63, 3.8) is 0 Å². The highest BCUT2D eigenvalue weighted by Crippen LogP contribution is 2.24. The van der Waals surface area contributed by atoms with Crippen molar-refractivity contribution >= 4 is 27.6 Å². The van der Waals surface area contributed by atoms with E-state index in [1.54, 1.807) is 19.5 Å². The van der Waals surface area contributed by atoms with Gasteiger partial charge in [-0.2, -0.15) is 0 Å². The number of hydrogen-bond donors (Lipinski definition) is 0. The zero-order valence-electron chi connectivity index (χ0n) is 9.59. The summed E-state index contributed by atoms with van der Waals surface area (Å²) in [4.78, 5) is 10.4. The maximum atomic E-state index is 5.19. The van der Waals surface area contributed by atoms with Crippen LogP contribution < -0.4 is 9.64 Å². The molecule has 1 heterocycles. The SMILES string of the molecule is COc1cccc(N(C)c2ncc(Br)cn2)c1. The van der Waals surface area contributed by atoms with Gasteiger partial charge in [0.05, 0.1) is 11.6 Å². The topological polar surface area (TPSA) is 38.2 Å². The van der Waals surface area contributed by atoms with Crippen molar-refractivity contribution in [3.8, 4) is 5.75 Å². The summed E-state index contributed by atoms with van der Waals surface area (Å²) < 4.78 is 6.05. The van der Waals surface area contributed by atoms with Gasteiger partial charge in [-0.05, 0) is 28.1 Å². The molecule has 4 nitrogen and oxygen atoms in total. The number of anilines is 2. The molecule has 0 aliphatic rings. The number of methoxy groups -OCH3 is 1. The van der Waals surface area contributed by atoms with E-state index in [1.807, 2.05) is 36.2 Å². The minimum atomic E-state index is 0.640. The lowest BCUT2D eigenvalue weighted by atomic mass is 10.3. The number of nitrogens with zero attached hydrogens (tertiary/aromatic N) is 3. The Balaban J connectivity index is 2.29. The summed E-state index contributed by atoms with van der Waals surface area (Å²) in [6.45, 7) is 0. The van der Waals surface area contributed by atoms with Crippen molar-refractivity contribution < 1.29 is 4.74 Å². The molecule has 0 spiro atoms. The van der Waals surface area contributed by atoms with Crippen LogP contribution in [0, 0.1) is 0 Å². The van der Waals surface area contributed by atoms with Gasteiger partial charge in [0.2, 0.25) is 5.95 Å². The molecule has 0 saturated carbocycles. The van der Waals surface area contributed by atoms with Gasteiger partial charge in [-0.1, -0.05) is 6.07 Å². The first-order chi connectivity index (χ1) is 8.20. The molecular weight excluding hydrogens is 282 g/mol. The van der Waals surface area contributed by atoms with Crippen molar-refractivity contribution in [2.24, 2.45) is 0 Å². The van der Waals surface area contributed by atoms with Gasteiger partial charge in [0.15, 0.2) is 0 Å². The second-order valence-electron chi connectivity index (χ2n) is 3.46. The molecule has 88 valence electrons. The van der Waals surface area contributed by atoms with Crippen LogP contribution in [-0.2, 0) is 0 Å². The Morgan fingerprint density at radius 1 is 1.24 bits per heavy atom. The molecule has 0 radical (unpaired) electrons. The van der Waals surface area contributed by atoms with Crippen LogP contribution in [0.25, 0.3) is 0 Å². The predicted octanol–water partition coefficient (Wildman–Crippen LogP) is 3.02. The Morgan fingerprint density at radius 2 is 1.94 bits per heavy atom. The molecule has 2 aromatic rings. The molecule has 0 atom stereocenters. The lowest BCUT2D eigenvalue weighted by Crippen LogP contribution is -2.12. The maximum absolute atomic E-state index is 5.19. The quantitative estimate of drug-likeness (QED) is 0.872. The fraction of sp³-hybridized carbons (Fsp3) is 0.167. The Labute approximate surface area is 108 Å². The fourth-order valence-electron chi connectivity index (χ4n) is 1.41. The lowest BCUT2D eigenvalue weighted by molar-refractivity contribution is 0.415. The monoisotopic (exact) mass is 293 g/mol. The van der Waals surface area contributed by atoms with Crippen LogP contribution in [0.15, 0.2) is 41.1 Å². The molecule has 0 aliphatic carbocycles. The highest BCUT2D eigenvalue weighted by molar-refractivity contribution is 9.10. The molecule has 1 aromatic carbocycles. The highest BCUT2D eigenvalue weighted by atomic mass is 79.9. The standard InChI is InChI=1S/C12H12BrN3O/c1-16(12-14-7-9(13)8-15-12)10-4-3-5-11(6-10)17-2/h3-8H,1-2H3. The van der Waals surface area contributed by atoms with E-state index < -0.39 is 0 Å². The van der Waals surface area contributed by atoms with E-state index in [0.29, 0.717) is 5.95 Å². The number of hydrogen-bond acceptors (Lipinski definition) is 4.